The standard InChI is InChI=1S/C18H20O3S/c1-13-7-9-17(10-8-13)22(19,20)21-16-11-14(2)18-6-4-3-5-15(18)12-16/h3-10,14,16H,11-12H2,1-2H3. The van der Waals surface area contributed by atoms with Crippen LogP contribution in [0.1, 0.15) is 36.0 Å². The number of hydrogen-bond donors (Lipinski definition) is 0. The van der Waals surface area contributed by atoms with E-state index in [1.807, 2.05) is 19.1 Å². The van der Waals surface area contributed by atoms with Gasteiger partial charge in [0.2, 0.25) is 0 Å². The third kappa shape index (κ3) is 3.08. The van der Waals surface area contributed by atoms with Crippen LogP contribution in [0.3, 0.4) is 0 Å². The molecule has 0 radical (unpaired) electrons. The van der Waals surface area contributed by atoms with Gasteiger partial charge < -0.3 is 0 Å². The van der Waals surface area contributed by atoms with Crippen molar-refractivity contribution in [2.75, 3.05) is 0 Å². The first-order valence-corrected chi connectivity index (χ1v) is 8.94. The van der Waals surface area contributed by atoms with Crippen LogP contribution in [0.15, 0.2) is 53.4 Å². The predicted molar refractivity (Wildman–Crippen MR) is 86.4 cm³/mol. The number of fused-ring (bicyclic) bond motifs is 1. The highest BCUT2D eigenvalue weighted by molar-refractivity contribution is 7.86. The highest BCUT2D eigenvalue weighted by Crippen LogP contribution is 2.33. The van der Waals surface area contributed by atoms with Gasteiger partial charge in [0.05, 0.1) is 11.0 Å². The van der Waals surface area contributed by atoms with Crippen molar-refractivity contribution in [2.45, 2.75) is 43.6 Å². The van der Waals surface area contributed by atoms with Crippen molar-refractivity contribution in [3.8, 4) is 0 Å². The first kappa shape index (κ1) is 15.3. The van der Waals surface area contributed by atoms with Crippen LogP contribution in [0.5, 0.6) is 0 Å². The van der Waals surface area contributed by atoms with E-state index in [-0.39, 0.29) is 11.0 Å². The molecule has 0 bridgehead atoms. The highest BCUT2D eigenvalue weighted by Gasteiger charge is 2.29. The normalized spacial score (nSPS) is 21.4. The van der Waals surface area contributed by atoms with Crippen LogP contribution >= 0.6 is 0 Å². The highest BCUT2D eigenvalue weighted by atomic mass is 32.2. The summed E-state index contributed by atoms with van der Waals surface area (Å²) in [5.74, 6) is 0.308. The van der Waals surface area contributed by atoms with Gasteiger partial charge in [0.15, 0.2) is 0 Å². The molecule has 0 saturated carbocycles. The molecule has 116 valence electrons. The van der Waals surface area contributed by atoms with Crippen LogP contribution in [0.2, 0.25) is 0 Å². The lowest BCUT2D eigenvalue weighted by molar-refractivity contribution is 0.182. The molecule has 3 rings (SSSR count). The zero-order valence-electron chi connectivity index (χ0n) is 12.8. The zero-order chi connectivity index (χ0) is 15.7. The molecule has 4 heteroatoms. The molecule has 2 unspecified atom stereocenters. The van der Waals surface area contributed by atoms with E-state index in [0.717, 1.165) is 12.0 Å². The van der Waals surface area contributed by atoms with E-state index >= 15 is 0 Å². The van der Waals surface area contributed by atoms with Crippen molar-refractivity contribution in [3.63, 3.8) is 0 Å². The zero-order valence-corrected chi connectivity index (χ0v) is 13.6. The van der Waals surface area contributed by atoms with Crippen molar-refractivity contribution >= 4 is 10.1 Å². The number of rotatable bonds is 3. The molecule has 2 atom stereocenters. The second-order valence-electron chi connectivity index (χ2n) is 6.03. The van der Waals surface area contributed by atoms with Gasteiger partial charge >= 0.3 is 0 Å². The molecule has 0 saturated heterocycles. The Balaban J connectivity index is 1.81. The maximum absolute atomic E-state index is 12.4. The van der Waals surface area contributed by atoms with E-state index in [0.29, 0.717) is 12.3 Å². The third-order valence-corrected chi connectivity index (χ3v) is 5.60. The largest absolute Gasteiger partial charge is 0.297 e. The first-order chi connectivity index (χ1) is 10.5. The molecule has 0 aliphatic heterocycles. The van der Waals surface area contributed by atoms with Crippen molar-refractivity contribution in [1.29, 1.82) is 0 Å². The first-order valence-electron chi connectivity index (χ1n) is 7.53. The van der Waals surface area contributed by atoms with Crippen LogP contribution in [0.4, 0.5) is 0 Å². The summed E-state index contributed by atoms with van der Waals surface area (Å²) in [6.45, 7) is 4.05. The summed E-state index contributed by atoms with van der Waals surface area (Å²) in [6, 6.07) is 15.0. The fourth-order valence-corrected chi connectivity index (χ4v) is 4.15. The molecule has 0 N–H and O–H groups in total. The molecule has 0 fully saturated rings. The summed E-state index contributed by atoms with van der Waals surface area (Å²) in [5.41, 5.74) is 3.51. The third-order valence-electron chi connectivity index (χ3n) is 4.22. The molecule has 0 amide bonds. The Morgan fingerprint density at radius 1 is 1.05 bits per heavy atom. The lowest BCUT2D eigenvalue weighted by Crippen LogP contribution is -2.27. The maximum Gasteiger partial charge on any atom is 0.297 e. The second kappa shape index (κ2) is 5.86. The van der Waals surface area contributed by atoms with Crippen LogP contribution in [-0.4, -0.2) is 14.5 Å². The molecule has 2 aromatic carbocycles. The Morgan fingerprint density at radius 3 is 2.45 bits per heavy atom. The monoisotopic (exact) mass is 316 g/mol. The molecule has 3 nitrogen and oxygen atoms in total. The van der Waals surface area contributed by atoms with Gasteiger partial charge in [-0.2, -0.15) is 8.42 Å². The number of benzene rings is 2. The molecule has 0 spiro atoms. The SMILES string of the molecule is Cc1ccc(S(=O)(=O)OC2Cc3ccccc3C(C)C2)cc1. The Morgan fingerprint density at radius 2 is 1.73 bits per heavy atom. The van der Waals surface area contributed by atoms with Crippen molar-refractivity contribution < 1.29 is 12.6 Å². The second-order valence-corrected chi connectivity index (χ2v) is 7.60. The lowest BCUT2D eigenvalue weighted by Gasteiger charge is -2.29. The van der Waals surface area contributed by atoms with Gasteiger partial charge in [-0.05, 0) is 42.5 Å². The minimum Gasteiger partial charge on any atom is -0.263 e. The predicted octanol–water partition coefficient (Wildman–Crippen LogP) is 3.82. The van der Waals surface area contributed by atoms with Crippen molar-refractivity contribution in [2.24, 2.45) is 0 Å². The van der Waals surface area contributed by atoms with Crippen LogP contribution in [0, 0.1) is 6.92 Å². The van der Waals surface area contributed by atoms with Crippen molar-refractivity contribution in [1.82, 2.24) is 0 Å². The van der Waals surface area contributed by atoms with Crippen molar-refractivity contribution in [3.05, 3.63) is 65.2 Å². The van der Waals surface area contributed by atoms with Gasteiger partial charge in [0.25, 0.3) is 10.1 Å². The fraction of sp³-hybridized carbons (Fsp3) is 0.333. The fourth-order valence-electron chi connectivity index (χ4n) is 3.06. The Hall–Kier alpha value is -1.65. The van der Waals surface area contributed by atoms with Gasteiger partial charge in [-0.25, -0.2) is 0 Å². The Kier molecular flexibility index (Phi) is 4.06. The molecule has 1 aliphatic carbocycles. The van der Waals surface area contributed by atoms with Gasteiger partial charge in [-0.15, -0.1) is 0 Å². The van der Waals surface area contributed by atoms with E-state index in [2.05, 4.69) is 19.1 Å². The van der Waals surface area contributed by atoms with E-state index < -0.39 is 10.1 Å². The van der Waals surface area contributed by atoms with Gasteiger partial charge in [0.1, 0.15) is 0 Å². The summed E-state index contributed by atoms with van der Waals surface area (Å²) in [7, 11) is -3.70. The smallest absolute Gasteiger partial charge is 0.263 e. The van der Waals surface area contributed by atoms with Gasteiger partial charge in [-0.1, -0.05) is 48.9 Å². The minimum atomic E-state index is -3.70. The number of aryl methyl sites for hydroxylation is 1. The lowest BCUT2D eigenvalue weighted by atomic mass is 9.82. The molecular formula is C18H20O3S. The van der Waals surface area contributed by atoms with Crippen LogP contribution in [-0.2, 0) is 20.7 Å². The molecular weight excluding hydrogens is 296 g/mol. The topological polar surface area (TPSA) is 43.4 Å². The average Bonchev–Trinajstić information content (AvgIpc) is 2.47. The molecule has 22 heavy (non-hydrogen) atoms. The van der Waals surface area contributed by atoms with Gasteiger partial charge in [-0.3, -0.25) is 4.18 Å². The van der Waals surface area contributed by atoms with Crippen LogP contribution < -0.4 is 0 Å². The Labute approximate surface area is 132 Å². The maximum atomic E-state index is 12.4. The minimum absolute atomic E-state index is 0.226. The number of hydrogen-bond acceptors (Lipinski definition) is 3. The van der Waals surface area contributed by atoms with E-state index in [1.165, 1.54) is 11.1 Å². The quantitative estimate of drug-likeness (QED) is 0.809. The van der Waals surface area contributed by atoms with E-state index in [9.17, 15) is 8.42 Å². The molecule has 0 aromatic heterocycles. The Bertz CT molecular complexity index is 763. The average molecular weight is 316 g/mol. The molecule has 1 aliphatic rings. The summed E-state index contributed by atoms with van der Waals surface area (Å²) in [5, 5.41) is 0. The van der Waals surface area contributed by atoms with Crippen LogP contribution in [0.25, 0.3) is 0 Å². The van der Waals surface area contributed by atoms with Gasteiger partial charge in [0, 0.05) is 6.42 Å². The van der Waals surface area contributed by atoms with E-state index in [1.54, 1.807) is 24.3 Å². The molecule has 0 heterocycles. The molecule has 2 aromatic rings. The summed E-state index contributed by atoms with van der Waals surface area (Å²) in [4.78, 5) is 0.226. The summed E-state index contributed by atoms with van der Waals surface area (Å²) in [6.07, 6.45) is 1.07. The van der Waals surface area contributed by atoms with E-state index in [4.69, 9.17) is 4.18 Å². The summed E-state index contributed by atoms with van der Waals surface area (Å²) < 4.78 is 30.3. The summed E-state index contributed by atoms with van der Waals surface area (Å²) >= 11 is 0.